The Hall–Kier alpha value is -1.93. The molecule has 0 saturated carbocycles. The highest BCUT2D eigenvalue weighted by atomic mass is 32.2. The molecule has 1 fully saturated rings. The summed E-state index contributed by atoms with van der Waals surface area (Å²) in [5, 5.41) is 9.75. The Balaban J connectivity index is 1.68. The maximum absolute atomic E-state index is 13.2. The Kier molecular flexibility index (Phi) is 4.39. The van der Waals surface area contributed by atoms with Gasteiger partial charge in [0, 0.05) is 17.2 Å². The second-order valence-corrected chi connectivity index (χ2v) is 6.00. The number of benzene rings is 1. The summed E-state index contributed by atoms with van der Waals surface area (Å²) < 4.78 is 18.4. The van der Waals surface area contributed by atoms with E-state index in [1.54, 1.807) is 30.8 Å². The van der Waals surface area contributed by atoms with Gasteiger partial charge in [-0.25, -0.2) is 4.39 Å². The van der Waals surface area contributed by atoms with Crippen molar-refractivity contribution in [3.05, 3.63) is 36.0 Å². The van der Waals surface area contributed by atoms with Gasteiger partial charge in [-0.15, -0.1) is 11.8 Å². The highest BCUT2D eigenvalue weighted by molar-refractivity contribution is 7.99. The van der Waals surface area contributed by atoms with Crippen LogP contribution in [0.4, 0.5) is 4.39 Å². The van der Waals surface area contributed by atoms with E-state index in [2.05, 4.69) is 20.8 Å². The van der Waals surface area contributed by atoms with Gasteiger partial charge in [0.05, 0.1) is 6.04 Å². The molecule has 0 bridgehead atoms. The van der Waals surface area contributed by atoms with Crippen molar-refractivity contribution in [1.82, 2.24) is 20.8 Å². The van der Waals surface area contributed by atoms with Crippen LogP contribution < -0.4 is 10.6 Å². The molecule has 3 rings (SSSR count). The Morgan fingerprint density at radius 2 is 2.45 bits per heavy atom. The third-order valence-electron chi connectivity index (χ3n) is 3.29. The van der Waals surface area contributed by atoms with E-state index in [9.17, 15) is 9.18 Å². The summed E-state index contributed by atoms with van der Waals surface area (Å²) in [5.41, 5.74) is 0.530. The van der Waals surface area contributed by atoms with Crippen LogP contribution in [0.15, 0.2) is 28.8 Å². The van der Waals surface area contributed by atoms with Gasteiger partial charge in [-0.05, 0) is 19.1 Å². The van der Waals surface area contributed by atoms with Gasteiger partial charge in [-0.2, -0.15) is 4.98 Å². The smallest absolute Gasteiger partial charge is 0.249 e. The van der Waals surface area contributed by atoms with Gasteiger partial charge in [0.15, 0.2) is 0 Å². The summed E-state index contributed by atoms with van der Waals surface area (Å²) in [4.78, 5) is 16.2. The quantitative estimate of drug-likeness (QED) is 0.892. The molecule has 1 aliphatic heterocycles. The topological polar surface area (TPSA) is 80.0 Å². The number of halogens is 1. The molecular weight excluding hydrogens is 307 g/mol. The van der Waals surface area contributed by atoms with Crippen LogP contribution in [0.1, 0.15) is 18.9 Å². The largest absolute Gasteiger partial charge is 0.343 e. The number of nitrogens with one attached hydrogen (secondary N) is 2. The molecule has 2 atom stereocenters. The maximum atomic E-state index is 13.2. The second kappa shape index (κ2) is 6.45. The van der Waals surface area contributed by atoms with Gasteiger partial charge < -0.3 is 9.84 Å². The molecule has 116 valence electrons. The van der Waals surface area contributed by atoms with Crippen LogP contribution in [0.3, 0.4) is 0 Å². The first-order chi connectivity index (χ1) is 10.6. The summed E-state index contributed by atoms with van der Waals surface area (Å²) in [7, 11) is 0. The van der Waals surface area contributed by atoms with Crippen molar-refractivity contribution >= 4 is 17.7 Å². The highest BCUT2D eigenvalue weighted by Crippen LogP contribution is 2.19. The van der Waals surface area contributed by atoms with Crippen LogP contribution in [0.2, 0.25) is 0 Å². The minimum absolute atomic E-state index is 0.0944. The van der Waals surface area contributed by atoms with E-state index in [0.29, 0.717) is 17.3 Å². The number of hydrogen-bond acceptors (Lipinski definition) is 6. The molecule has 8 heteroatoms. The van der Waals surface area contributed by atoms with E-state index in [4.69, 9.17) is 4.52 Å². The minimum Gasteiger partial charge on any atom is -0.343 e. The predicted octanol–water partition coefficient (Wildman–Crippen LogP) is 1.72. The first-order valence-corrected chi connectivity index (χ1v) is 8.00. The molecule has 1 aromatic carbocycles. The zero-order valence-corrected chi connectivity index (χ0v) is 12.7. The van der Waals surface area contributed by atoms with E-state index in [1.165, 1.54) is 12.1 Å². The molecule has 6 nitrogen and oxygen atoms in total. The van der Waals surface area contributed by atoms with Crippen molar-refractivity contribution in [3.8, 4) is 11.4 Å². The molecule has 1 aromatic heterocycles. The van der Waals surface area contributed by atoms with Gasteiger partial charge in [0.1, 0.15) is 11.9 Å². The number of carbonyl (C=O) groups is 1. The normalized spacial score (nSPS) is 19.1. The lowest BCUT2D eigenvalue weighted by Crippen LogP contribution is -2.43. The molecule has 2 heterocycles. The lowest BCUT2D eigenvalue weighted by atomic mass is 10.2. The van der Waals surface area contributed by atoms with Crippen LogP contribution in [0.25, 0.3) is 11.4 Å². The Morgan fingerprint density at radius 3 is 3.18 bits per heavy atom. The fourth-order valence-electron chi connectivity index (χ4n) is 2.10. The molecule has 22 heavy (non-hydrogen) atoms. The molecule has 0 spiro atoms. The van der Waals surface area contributed by atoms with Crippen LogP contribution in [0, 0.1) is 5.82 Å². The number of amides is 1. The number of nitrogens with zero attached hydrogens (tertiary/aromatic N) is 2. The van der Waals surface area contributed by atoms with Crippen molar-refractivity contribution in [2.45, 2.75) is 19.0 Å². The van der Waals surface area contributed by atoms with Crippen molar-refractivity contribution < 1.29 is 13.7 Å². The van der Waals surface area contributed by atoms with E-state index < -0.39 is 6.04 Å². The third kappa shape index (κ3) is 3.28. The lowest BCUT2D eigenvalue weighted by molar-refractivity contribution is -0.123. The molecule has 1 saturated heterocycles. The number of thioether (sulfide) groups is 1. The fourth-order valence-corrected chi connectivity index (χ4v) is 3.04. The summed E-state index contributed by atoms with van der Waals surface area (Å²) in [6.45, 7) is 1.77. The zero-order chi connectivity index (χ0) is 15.5. The van der Waals surface area contributed by atoms with Crippen LogP contribution >= 0.6 is 11.8 Å². The predicted molar refractivity (Wildman–Crippen MR) is 80.5 cm³/mol. The molecule has 1 amide bonds. The molecule has 2 N–H and O–H groups in total. The molecular formula is C14H15FN4O2S. The molecule has 1 aliphatic rings. The summed E-state index contributed by atoms with van der Waals surface area (Å²) in [6, 6.07) is 5.35. The van der Waals surface area contributed by atoms with Crippen molar-refractivity contribution in [3.63, 3.8) is 0 Å². The zero-order valence-electron chi connectivity index (χ0n) is 11.9. The second-order valence-electron chi connectivity index (χ2n) is 4.97. The molecule has 0 aliphatic carbocycles. The number of hydrogen-bond donors (Lipinski definition) is 2. The number of aromatic nitrogens is 2. The lowest BCUT2D eigenvalue weighted by Gasteiger charge is -2.13. The molecule has 2 aromatic rings. The highest BCUT2D eigenvalue weighted by Gasteiger charge is 2.25. The van der Waals surface area contributed by atoms with Gasteiger partial charge in [-0.1, -0.05) is 17.3 Å². The number of carbonyl (C=O) groups excluding carboxylic acids is 1. The fraction of sp³-hybridized carbons (Fsp3) is 0.357. The summed E-state index contributed by atoms with van der Waals surface area (Å²) in [5.74, 6) is 1.65. The van der Waals surface area contributed by atoms with Crippen molar-refractivity contribution in [2.75, 3.05) is 11.6 Å². The van der Waals surface area contributed by atoms with Gasteiger partial charge in [-0.3, -0.25) is 10.1 Å². The van der Waals surface area contributed by atoms with Crippen LogP contribution in [0.5, 0.6) is 0 Å². The average Bonchev–Trinajstić information content (AvgIpc) is 3.19. The van der Waals surface area contributed by atoms with E-state index in [-0.39, 0.29) is 17.8 Å². The summed E-state index contributed by atoms with van der Waals surface area (Å²) in [6.07, 6.45) is 0. The Morgan fingerprint density at radius 1 is 1.59 bits per heavy atom. The average molecular weight is 322 g/mol. The Labute approximate surface area is 130 Å². The first kappa shape index (κ1) is 15.0. The standard InChI is InChI=1S/C14H15FN4O2S/c1-8(17-13(20)11-6-22-7-16-11)14-18-12(19-21-14)9-3-2-4-10(15)5-9/h2-5,8,11,16H,6-7H2,1H3,(H,17,20)/t8-,11-/m1/s1. The van der Waals surface area contributed by atoms with E-state index in [1.807, 2.05) is 0 Å². The minimum atomic E-state index is -0.408. The van der Waals surface area contributed by atoms with Gasteiger partial charge in [0.2, 0.25) is 17.6 Å². The Bertz CT molecular complexity index is 672. The van der Waals surface area contributed by atoms with Gasteiger partial charge in [0.25, 0.3) is 0 Å². The first-order valence-electron chi connectivity index (χ1n) is 6.84. The SMILES string of the molecule is C[C@@H](NC(=O)[C@H]1CSCN1)c1nc(-c2cccc(F)c2)no1. The van der Waals surface area contributed by atoms with E-state index in [0.717, 1.165) is 11.6 Å². The van der Waals surface area contributed by atoms with Crippen molar-refractivity contribution in [1.29, 1.82) is 0 Å². The van der Waals surface area contributed by atoms with Gasteiger partial charge >= 0.3 is 0 Å². The molecule has 0 radical (unpaired) electrons. The van der Waals surface area contributed by atoms with Crippen LogP contribution in [-0.2, 0) is 4.79 Å². The number of rotatable bonds is 4. The van der Waals surface area contributed by atoms with Crippen LogP contribution in [-0.4, -0.2) is 33.7 Å². The maximum Gasteiger partial charge on any atom is 0.249 e. The molecule has 0 unspecified atom stereocenters. The van der Waals surface area contributed by atoms with E-state index >= 15 is 0 Å². The van der Waals surface area contributed by atoms with Crippen molar-refractivity contribution in [2.24, 2.45) is 0 Å². The third-order valence-corrected chi connectivity index (χ3v) is 4.23. The monoisotopic (exact) mass is 322 g/mol. The summed E-state index contributed by atoms with van der Waals surface area (Å²) >= 11 is 1.68.